The standard InChI is InChI=1S/C26H36O11/c1-14(28)23(34)21(13-27)37-26(17(4)31,25(36,16(3)30)24(23,35)15(2)29)22(33)12-19(32)10-11-20(22)18-8-6-5-7-9-18/h10-11,18,21,27,32-36H,5-9,12-13H2,1-4H3/t21-,22?,23-,24+,25-,26?/m1/s1. The van der Waals surface area contributed by atoms with Crippen LogP contribution in [0.15, 0.2) is 23.5 Å². The van der Waals surface area contributed by atoms with Crippen molar-refractivity contribution >= 4 is 23.1 Å². The Morgan fingerprint density at radius 3 is 1.81 bits per heavy atom. The predicted octanol–water partition coefficient (Wildman–Crippen LogP) is -0.251. The molecule has 11 nitrogen and oxygen atoms in total. The number of rotatable bonds is 7. The van der Waals surface area contributed by atoms with E-state index in [2.05, 4.69) is 0 Å². The molecule has 0 aromatic heterocycles. The number of aliphatic hydroxyl groups is 6. The Balaban J connectivity index is 2.51. The fourth-order valence-electron chi connectivity index (χ4n) is 6.81. The molecular formula is C26H36O11. The van der Waals surface area contributed by atoms with Gasteiger partial charge in [0.25, 0.3) is 0 Å². The van der Waals surface area contributed by atoms with E-state index in [1.165, 1.54) is 12.2 Å². The first-order valence-corrected chi connectivity index (χ1v) is 12.4. The van der Waals surface area contributed by atoms with Gasteiger partial charge in [0, 0.05) is 6.42 Å². The van der Waals surface area contributed by atoms with Crippen LogP contribution in [-0.2, 0) is 23.9 Å². The Morgan fingerprint density at radius 2 is 1.38 bits per heavy atom. The molecule has 0 spiro atoms. The van der Waals surface area contributed by atoms with Crippen LogP contribution in [0.4, 0.5) is 0 Å². The summed E-state index contributed by atoms with van der Waals surface area (Å²) in [6, 6.07) is 0. The lowest BCUT2D eigenvalue weighted by molar-refractivity contribution is -0.367. The van der Waals surface area contributed by atoms with Gasteiger partial charge in [0.05, 0.1) is 12.4 Å². The van der Waals surface area contributed by atoms with E-state index in [1.807, 2.05) is 0 Å². The maximum atomic E-state index is 13.6. The number of aliphatic hydroxyl groups excluding tert-OH is 2. The van der Waals surface area contributed by atoms with Gasteiger partial charge in [-0.3, -0.25) is 19.2 Å². The highest BCUT2D eigenvalue weighted by Crippen LogP contribution is 2.59. The minimum absolute atomic E-state index is 0.107. The molecule has 0 bridgehead atoms. The zero-order valence-electron chi connectivity index (χ0n) is 21.5. The van der Waals surface area contributed by atoms with E-state index >= 15 is 0 Å². The van der Waals surface area contributed by atoms with Crippen LogP contribution < -0.4 is 0 Å². The van der Waals surface area contributed by atoms with E-state index in [1.54, 1.807) is 0 Å². The Kier molecular flexibility index (Phi) is 7.50. The van der Waals surface area contributed by atoms with Crippen LogP contribution in [0, 0.1) is 5.92 Å². The van der Waals surface area contributed by atoms with Gasteiger partial charge in [0.1, 0.15) is 11.7 Å². The van der Waals surface area contributed by atoms with Crippen molar-refractivity contribution in [2.24, 2.45) is 5.92 Å². The summed E-state index contributed by atoms with van der Waals surface area (Å²) in [5.41, 5.74) is -16.8. The van der Waals surface area contributed by atoms with Crippen LogP contribution in [-0.4, -0.2) is 94.5 Å². The highest BCUT2D eigenvalue weighted by atomic mass is 16.6. The molecule has 2 unspecified atom stereocenters. The SMILES string of the molecule is CC(=O)C1(C2(O)CC(O)=CC=C2C2CCCCC2)O[C@H](CO)[C@](O)(C(C)=O)[C@@](O)(C(C)=O)[C@]1(O)C(C)=O. The number of ether oxygens (including phenoxy) is 1. The highest BCUT2D eigenvalue weighted by molar-refractivity contribution is 6.10. The van der Waals surface area contributed by atoms with Crippen LogP contribution in [0.1, 0.15) is 66.2 Å². The van der Waals surface area contributed by atoms with Crippen molar-refractivity contribution < 1.29 is 54.6 Å². The van der Waals surface area contributed by atoms with Gasteiger partial charge in [0.2, 0.25) is 11.2 Å². The molecule has 206 valence electrons. The van der Waals surface area contributed by atoms with E-state index in [-0.39, 0.29) is 5.57 Å². The molecule has 6 N–H and O–H groups in total. The molecule has 11 heteroatoms. The lowest BCUT2D eigenvalue weighted by atomic mass is 9.48. The molecule has 1 saturated carbocycles. The van der Waals surface area contributed by atoms with Gasteiger partial charge in [-0.2, -0.15) is 0 Å². The lowest BCUT2D eigenvalue weighted by Gasteiger charge is -2.66. The van der Waals surface area contributed by atoms with Gasteiger partial charge in [-0.15, -0.1) is 0 Å². The summed E-state index contributed by atoms with van der Waals surface area (Å²) in [6.07, 6.45) is 3.16. The highest BCUT2D eigenvalue weighted by Gasteiger charge is 2.87. The molecule has 3 rings (SSSR count). The van der Waals surface area contributed by atoms with Crippen molar-refractivity contribution in [1.82, 2.24) is 0 Å². The Morgan fingerprint density at radius 1 is 0.838 bits per heavy atom. The number of Topliss-reactive ketones (excluding diaryl/α,β-unsaturated/α-hetero) is 4. The molecule has 0 aromatic carbocycles. The largest absolute Gasteiger partial charge is 0.512 e. The molecule has 2 aliphatic carbocycles. The second kappa shape index (κ2) is 9.48. The minimum Gasteiger partial charge on any atom is -0.512 e. The molecule has 0 aromatic rings. The normalized spacial score (nSPS) is 40.9. The van der Waals surface area contributed by atoms with Gasteiger partial charge >= 0.3 is 0 Å². The van der Waals surface area contributed by atoms with E-state index in [0.717, 1.165) is 33.1 Å². The fourth-order valence-corrected chi connectivity index (χ4v) is 6.81. The van der Waals surface area contributed by atoms with Crippen molar-refractivity contribution in [3.05, 3.63) is 23.5 Å². The Bertz CT molecular complexity index is 1070. The number of allylic oxidation sites excluding steroid dienone is 2. The quantitative estimate of drug-likeness (QED) is 0.257. The fraction of sp³-hybridized carbons (Fsp3) is 0.692. The van der Waals surface area contributed by atoms with Crippen molar-refractivity contribution in [2.45, 2.75) is 100 Å². The first-order chi connectivity index (χ1) is 17.0. The molecule has 37 heavy (non-hydrogen) atoms. The third-order valence-electron chi connectivity index (χ3n) is 8.58. The van der Waals surface area contributed by atoms with Crippen LogP contribution in [0.5, 0.6) is 0 Å². The molecule has 6 atom stereocenters. The Hall–Kier alpha value is -2.28. The molecule has 1 saturated heterocycles. The van der Waals surface area contributed by atoms with Gasteiger partial charge in [-0.1, -0.05) is 25.3 Å². The maximum Gasteiger partial charge on any atom is 0.201 e. The zero-order chi connectivity index (χ0) is 28.2. The van der Waals surface area contributed by atoms with Gasteiger partial charge in [-0.05, 0) is 58.1 Å². The van der Waals surface area contributed by atoms with Crippen molar-refractivity contribution in [3.8, 4) is 0 Å². The number of hydrogen-bond donors (Lipinski definition) is 6. The third kappa shape index (κ3) is 3.48. The lowest BCUT2D eigenvalue weighted by Crippen LogP contribution is -2.94. The van der Waals surface area contributed by atoms with Gasteiger partial charge in [-0.25, -0.2) is 0 Å². The smallest absolute Gasteiger partial charge is 0.201 e. The summed E-state index contributed by atoms with van der Waals surface area (Å²) in [4.78, 5) is 52.8. The summed E-state index contributed by atoms with van der Waals surface area (Å²) < 4.78 is 5.81. The Labute approximate surface area is 214 Å². The maximum absolute atomic E-state index is 13.6. The summed E-state index contributed by atoms with van der Waals surface area (Å²) >= 11 is 0. The second-order valence-corrected chi connectivity index (χ2v) is 10.5. The van der Waals surface area contributed by atoms with E-state index < -0.39 is 81.9 Å². The molecule has 1 aliphatic heterocycles. The number of ketones is 4. The van der Waals surface area contributed by atoms with Crippen LogP contribution >= 0.6 is 0 Å². The van der Waals surface area contributed by atoms with Crippen molar-refractivity contribution in [1.29, 1.82) is 0 Å². The molecule has 3 aliphatic rings. The molecule has 1 heterocycles. The predicted molar refractivity (Wildman–Crippen MR) is 127 cm³/mol. The third-order valence-corrected chi connectivity index (χ3v) is 8.58. The first-order valence-electron chi connectivity index (χ1n) is 12.4. The zero-order valence-corrected chi connectivity index (χ0v) is 21.5. The molecule has 0 radical (unpaired) electrons. The second-order valence-electron chi connectivity index (χ2n) is 10.5. The topological polar surface area (TPSA) is 199 Å². The first kappa shape index (κ1) is 29.3. The number of carbonyl (C=O) groups excluding carboxylic acids is 4. The van der Waals surface area contributed by atoms with Crippen LogP contribution in [0.2, 0.25) is 0 Å². The monoisotopic (exact) mass is 524 g/mol. The summed E-state index contributed by atoms with van der Waals surface area (Å²) in [5, 5.41) is 68.6. The molecular weight excluding hydrogens is 488 g/mol. The number of carbonyl (C=O) groups is 4. The summed E-state index contributed by atoms with van der Waals surface area (Å²) in [5.74, 6) is -6.41. The average molecular weight is 525 g/mol. The van der Waals surface area contributed by atoms with Gasteiger partial charge < -0.3 is 35.4 Å². The van der Waals surface area contributed by atoms with E-state index in [9.17, 15) is 49.8 Å². The minimum atomic E-state index is -3.75. The van der Waals surface area contributed by atoms with E-state index in [4.69, 9.17) is 4.74 Å². The van der Waals surface area contributed by atoms with Crippen molar-refractivity contribution in [3.63, 3.8) is 0 Å². The van der Waals surface area contributed by atoms with E-state index in [0.29, 0.717) is 26.7 Å². The summed E-state index contributed by atoms with van der Waals surface area (Å²) in [6.45, 7) is 1.73. The van der Waals surface area contributed by atoms with Gasteiger partial charge in [0.15, 0.2) is 34.3 Å². The van der Waals surface area contributed by atoms with Crippen LogP contribution in [0.25, 0.3) is 0 Å². The average Bonchev–Trinajstić information content (AvgIpc) is 2.82. The molecule has 0 amide bonds. The van der Waals surface area contributed by atoms with Crippen molar-refractivity contribution in [2.75, 3.05) is 6.61 Å². The summed E-state index contributed by atoms with van der Waals surface area (Å²) in [7, 11) is 0. The van der Waals surface area contributed by atoms with Crippen LogP contribution in [0.3, 0.4) is 0 Å². The molecule has 2 fully saturated rings. The number of hydrogen-bond acceptors (Lipinski definition) is 11.